The van der Waals surface area contributed by atoms with E-state index in [2.05, 4.69) is 4.74 Å². The molecule has 0 aromatic carbocycles. The van der Waals surface area contributed by atoms with Gasteiger partial charge in [0.05, 0.1) is 20.3 Å². The summed E-state index contributed by atoms with van der Waals surface area (Å²) in [5.41, 5.74) is 0. The molecule has 1 saturated heterocycles. The van der Waals surface area contributed by atoms with Crippen LogP contribution in [0.3, 0.4) is 0 Å². The van der Waals surface area contributed by atoms with Gasteiger partial charge in [-0.15, -0.1) is 11.3 Å². The van der Waals surface area contributed by atoms with Crippen LogP contribution in [0.4, 0.5) is 0 Å². The number of carbonyl (C=O) groups excluding carboxylic acids is 1. The molecule has 0 bridgehead atoms. The normalized spacial score (nSPS) is 21.3. The third-order valence-electron chi connectivity index (χ3n) is 2.89. The Hall–Kier alpha value is -0.960. The topological polar surface area (TPSA) is 72.9 Å². The fraction of sp³-hybridized carbons (Fsp3) is 0.545. The minimum atomic E-state index is -3.69. The van der Waals surface area contributed by atoms with E-state index in [1.165, 1.54) is 17.5 Å². The van der Waals surface area contributed by atoms with Crippen LogP contribution in [0.15, 0.2) is 16.3 Å². The second-order valence-electron chi connectivity index (χ2n) is 4.15. The summed E-state index contributed by atoms with van der Waals surface area (Å²) in [6.45, 7) is 2.79. The number of methoxy groups -OCH3 is 1. The van der Waals surface area contributed by atoms with Crippen LogP contribution in [0, 0.1) is 0 Å². The SMILES string of the molecule is COC(=O)c1sccc1S(=O)(=O)N1CCOC[C@@H]1C. The number of hydrogen-bond acceptors (Lipinski definition) is 6. The second kappa shape index (κ2) is 5.58. The third-order valence-corrected chi connectivity index (χ3v) is 5.97. The van der Waals surface area contributed by atoms with Gasteiger partial charge in [0.15, 0.2) is 0 Å². The van der Waals surface area contributed by atoms with Gasteiger partial charge in [-0.1, -0.05) is 0 Å². The fourth-order valence-electron chi connectivity index (χ4n) is 1.94. The van der Waals surface area contributed by atoms with Crippen molar-refractivity contribution in [1.29, 1.82) is 0 Å². The van der Waals surface area contributed by atoms with E-state index in [4.69, 9.17) is 4.74 Å². The number of thiophene rings is 1. The van der Waals surface area contributed by atoms with Crippen molar-refractivity contribution >= 4 is 27.3 Å². The molecule has 19 heavy (non-hydrogen) atoms. The van der Waals surface area contributed by atoms with Crippen molar-refractivity contribution in [1.82, 2.24) is 4.31 Å². The van der Waals surface area contributed by atoms with Crippen molar-refractivity contribution in [3.8, 4) is 0 Å². The number of nitrogens with zero attached hydrogens (tertiary/aromatic N) is 1. The number of ether oxygens (including phenoxy) is 2. The molecule has 0 unspecified atom stereocenters. The highest BCUT2D eigenvalue weighted by Gasteiger charge is 2.35. The van der Waals surface area contributed by atoms with Crippen molar-refractivity contribution in [3.63, 3.8) is 0 Å². The lowest BCUT2D eigenvalue weighted by Gasteiger charge is -2.32. The smallest absolute Gasteiger partial charge is 0.349 e. The minimum Gasteiger partial charge on any atom is -0.465 e. The number of carbonyl (C=O) groups is 1. The Bertz CT molecular complexity index is 565. The summed E-state index contributed by atoms with van der Waals surface area (Å²) in [7, 11) is -2.46. The van der Waals surface area contributed by atoms with E-state index < -0.39 is 16.0 Å². The maximum Gasteiger partial charge on any atom is 0.349 e. The van der Waals surface area contributed by atoms with Crippen molar-refractivity contribution in [3.05, 3.63) is 16.3 Å². The largest absolute Gasteiger partial charge is 0.465 e. The first kappa shape index (κ1) is 14.4. The number of sulfonamides is 1. The standard InChI is InChI=1S/C11H15NO5S2/c1-8-7-17-5-4-12(8)19(14,15)9-3-6-18-10(9)11(13)16-2/h3,6,8H,4-5,7H2,1-2H3/t8-/m0/s1. The van der Waals surface area contributed by atoms with Crippen LogP contribution >= 0.6 is 11.3 Å². The first-order chi connectivity index (χ1) is 8.98. The summed E-state index contributed by atoms with van der Waals surface area (Å²) >= 11 is 1.06. The van der Waals surface area contributed by atoms with Crippen LogP contribution in [-0.4, -0.2) is 51.6 Å². The Morgan fingerprint density at radius 3 is 2.95 bits per heavy atom. The van der Waals surface area contributed by atoms with Crippen LogP contribution in [0.5, 0.6) is 0 Å². The lowest BCUT2D eigenvalue weighted by Crippen LogP contribution is -2.47. The first-order valence-electron chi connectivity index (χ1n) is 5.74. The van der Waals surface area contributed by atoms with Crippen LogP contribution in [0.2, 0.25) is 0 Å². The number of morpholine rings is 1. The predicted octanol–water partition coefficient (Wildman–Crippen LogP) is 0.944. The Morgan fingerprint density at radius 1 is 1.58 bits per heavy atom. The lowest BCUT2D eigenvalue weighted by atomic mass is 10.3. The zero-order valence-corrected chi connectivity index (χ0v) is 12.3. The lowest BCUT2D eigenvalue weighted by molar-refractivity contribution is 0.0392. The molecule has 1 aliphatic heterocycles. The molecule has 6 nitrogen and oxygen atoms in total. The van der Waals surface area contributed by atoms with Gasteiger partial charge < -0.3 is 9.47 Å². The molecule has 1 aromatic rings. The zero-order chi connectivity index (χ0) is 14.0. The van der Waals surface area contributed by atoms with Gasteiger partial charge >= 0.3 is 5.97 Å². The van der Waals surface area contributed by atoms with E-state index in [0.717, 1.165) is 11.3 Å². The molecule has 1 aliphatic rings. The summed E-state index contributed by atoms with van der Waals surface area (Å²) in [6.07, 6.45) is 0. The van der Waals surface area contributed by atoms with Crippen molar-refractivity contribution in [2.24, 2.45) is 0 Å². The molecular formula is C11H15NO5S2. The van der Waals surface area contributed by atoms with Gasteiger partial charge in [-0.25, -0.2) is 13.2 Å². The summed E-state index contributed by atoms with van der Waals surface area (Å²) < 4.78 is 36.3. The van der Waals surface area contributed by atoms with Crippen LogP contribution in [-0.2, 0) is 19.5 Å². The molecule has 0 radical (unpaired) electrons. The molecule has 8 heteroatoms. The van der Waals surface area contributed by atoms with E-state index >= 15 is 0 Å². The molecule has 106 valence electrons. The van der Waals surface area contributed by atoms with E-state index in [-0.39, 0.29) is 15.8 Å². The maximum absolute atomic E-state index is 12.6. The highest BCUT2D eigenvalue weighted by Crippen LogP contribution is 2.27. The van der Waals surface area contributed by atoms with Crippen molar-refractivity contribution in [2.75, 3.05) is 26.9 Å². The molecule has 2 rings (SSSR count). The summed E-state index contributed by atoms with van der Waals surface area (Å²) in [4.78, 5) is 11.7. The Labute approximate surface area is 116 Å². The van der Waals surface area contributed by atoms with Gasteiger partial charge in [-0.05, 0) is 18.4 Å². The molecule has 1 atom stereocenters. The Balaban J connectivity index is 2.39. The highest BCUT2D eigenvalue weighted by atomic mass is 32.2. The van der Waals surface area contributed by atoms with Crippen LogP contribution in [0.25, 0.3) is 0 Å². The minimum absolute atomic E-state index is 0.0121. The third kappa shape index (κ3) is 2.66. The first-order valence-corrected chi connectivity index (χ1v) is 8.06. The van der Waals surface area contributed by atoms with Gasteiger partial charge in [0.2, 0.25) is 10.0 Å². The number of hydrogen-bond donors (Lipinski definition) is 0. The van der Waals surface area contributed by atoms with Gasteiger partial charge in [0.1, 0.15) is 9.77 Å². The molecule has 0 aliphatic carbocycles. The summed E-state index contributed by atoms with van der Waals surface area (Å²) in [5, 5.41) is 1.57. The Kier molecular flexibility index (Phi) is 4.24. The van der Waals surface area contributed by atoms with Crippen molar-refractivity contribution < 1.29 is 22.7 Å². The molecule has 1 aromatic heterocycles. The summed E-state index contributed by atoms with van der Waals surface area (Å²) in [5.74, 6) is -0.630. The highest BCUT2D eigenvalue weighted by molar-refractivity contribution is 7.89. The van der Waals surface area contributed by atoms with E-state index in [1.807, 2.05) is 0 Å². The molecule has 0 spiro atoms. The molecule has 0 amide bonds. The summed E-state index contributed by atoms with van der Waals surface area (Å²) in [6, 6.07) is 1.19. The van der Waals surface area contributed by atoms with E-state index in [9.17, 15) is 13.2 Å². The second-order valence-corrected chi connectivity index (χ2v) is 6.92. The van der Waals surface area contributed by atoms with Gasteiger partial charge in [0.25, 0.3) is 0 Å². The molecular weight excluding hydrogens is 290 g/mol. The maximum atomic E-state index is 12.6. The molecule has 1 fully saturated rings. The predicted molar refractivity (Wildman–Crippen MR) is 69.8 cm³/mol. The average molecular weight is 305 g/mol. The molecule has 0 N–H and O–H groups in total. The quantitative estimate of drug-likeness (QED) is 0.777. The van der Waals surface area contributed by atoms with Crippen LogP contribution in [0.1, 0.15) is 16.6 Å². The van der Waals surface area contributed by atoms with Gasteiger partial charge in [-0.2, -0.15) is 4.31 Å². The number of esters is 1. The van der Waals surface area contributed by atoms with E-state index in [1.54, 1.807) is 12.3 Å². The van der Waals surface area contributed by atoms with Gasteiger partial charge in [0, 0.05) is 12.6 Å². The molecule has 0 saturated carbocycles. The fourth-order valence-corrected chi connectivity index (χ4v) is 4.85. The molecule has 2 heterocycles. The van der Waals surface area contributed by atoms with Crippen LogP contribution < -0.4 is 0 Å². The number of rotatable bonds is 3. The zero-order valence-electron chi connectivity index (χ0n) is 10.7. The monoisotopic (exact) mass is 305 g/mol. The van der Waals surface area contributed by atoms with Gasteiger partial charge in [-0.3, -0.25) is 0 Å². The Morgan fingerprint density at radius 2 is 2.32 bits per heavy atom. The average Bonchev–Trinajstić information content (AvgIpc) is 2.88. The van der Waals surface area contributed by atoms with E-state index in [0.29, 0.717) is 19.8 Å². The van der Waals surface area contributed by atoms with Crippen molar-refractivity contribution in [2.45, 2.75) is 17.9 Å².